The smallest absolute Gasteiger partial charge is 0.407 e. The van der Waals surface area contributed by atoms with Gasteiger partial charge in [0.1, 0.15) is 12.6 Å². The molecular weight excluding hydrogens is 432 g/mol. The van der Waals surface area contributed by atoms with Gasteiger partial charge in [0, 0.05) is 5.92 Å². The van der Waals surface area contributed by atoms with E-state index in [1.54, 1.807) is 27.7 Å². The van der Waals surface area contributed by atoms with Crippen molar-refractivity contribution in [3.8, 4) is 11.1 Å². The van der Waals surface area contributed by atoms with Gasteiger partial charge in [-0.3, -0.25) is 9.59 Å². The fourth-order valence-corrected chi connectivity index (χ4v) is 4.16. The van der Waals surface area contributed by atoms with Gasteiger partial charge in [-0.05, 0) is 56.4 Å². The van der Waals surface area contributed by atoms with Crippen LogP contribution in [0.4, 0.5) is 4.79 Å². The topological polar surface area (TPSA) is 105 Å². The maximum atomic E-state index is 13.0. The van der Waals surface area contributed by atoms with E-state index in [0.717, 1.165) is 22.3 Å². The zero-order valence-electron chi connectivity index (χ0n) is 20.5. The number of hydrogen-bond acceptors (Lipinski definition) is 4. The maximum absolute atomic E-state index is 13.0. The van der Waals surface area contributed by atoms with Gasteiger partial charge in [0.05, 0.1) is 11.0 Å². The number of ether oxygens (including phenoxy) is 1. The predicted molar refractivity (Wildman–Crippen MR) is 131 cm³/mol. The van der Waals surface area contributed by atoms with E-state index < -0.39 is 35.0 Å². The minimum atomic E-state index is -1.21. The highest BCUT2D eigenvalue weighted by Gasteiger charge is 2.45. The molecule has 7 nitrogen and oxygen atoms in total. The van der Waals surface area contributed by atoms with Crippen molar-refractivity contribution in [2.45, 2.75) is 65.0 Å². The Morgan fingerprint density at radius 1 is 0.971 bits per heavy atom. The quantitative estimate of drug-likeness (QED) is 0.497. The second-order valence-electron chi connectivity index (χ2n) is 9.86. The summed E-state index contributed by atoms with van der Waals surface area (Å²) in [5, 5.41) is 15.0. The molecule has 1 aliphatic rings. The molecule has 182 valence electrons. The van der Waals surface area contributed by atoms with E-state index in [1.807, 2.05) is 43.3 Å². The second kappa shape index (κ2) is 9.87. The third kappa shape index (κ3) is 4.93. The van der Waals surface area contributed by atoms with Gasteiger partial charge in [-0.2, -0.15) is 0 Å². The Hall–Kier alpha value is -3.35. The SMILES string of the molecule is CCC[C@H](NC(=O)OCC1c2ccccc2-c2ccccc21)C(=O)NC(C)(C)C(C)(C)C(=O)O. The number of benzene rings is 2. The Labute approximate surface area is 200 Å². The van der Waals surface area contributed by atoms with Crippen LogP contribution in [0.5, 0.6) is 0 Å². The standard InChI is InChI=1S/C27H34N2O5/c1-6-11-22(23(30)29-27(4,5)26(2,3)24(31)32)28-25(33)34-16-21-19-14-9-7-12-17(19)18-13-8-10-15-20(18)21/h7-10,12-15,21-22H,6,11,16H2,1-5H3,(H,28,33)(H,29,30)(H,31,32)/t22-/m0/s1. The summed E-state index contributed by atoms with van der Waals surface area (Å²) in [7, 11) is 0. The zero-order chi connectivity index (χ0) is 25.1. The predicted octanol–water partition coefficient (Wildman–Crippen LogP) is 4.70. The molecule has 0 aromatic heterocycles. The first-order valence-electron chi connectivity index (χ1n) is 11.7. The first-order valence-corrected chi connectivity index (χ1v) is 11.7. The van der Waals surface area contributed by atoms with E-state index >= 15 is 0 Å². The fraction of sp³-hybridized carbons (Fsp3) is 0.444. The summed E-state index contributed by atoms with van der Waals surface area (Å²) in [5.41, 5.74) is 2.25. The van der Waals surface area contributed by atoms with Crippen molar-refractivity contribution in [2.75, 3.05) is 6.61 Å². The summed E-state index contributed by atoms with van der Waals surface area (Å²) < 4.78 is 5.58. The van der Waals surface area contributed by atoms with Crippen LogP contribution in [-0.2, 0) is 14.3 Å². The van der Waals surface area contributed by atoms with Gasteiger partial charge in [-0.1, -0.05) is 61.9 Å². The fourth-order valence-electron chi connectivity index (χ4n) is 4.16. The number of hydrogen-bond donors (Lipinski definition) is 3. The second-order valence-corrected chi connectivity index (χ2v) is 9.86. The summed E-state index contributed by atoms with van der Waals surface area (Å²) in [4.78, 5) is 37.3. The summed E-state index contributed by atoms with van der Waals surface area (Å²) in [6, 6.07) is 15.3. The van der Waals surface area contributed by atoms with Crippen LogP contribution < -0.4 is 10.6 Å². The molecule has 1 aliphatic carbocycles. The molecule has 0 unspecified atom stereocenters. The Balaban J connectivity index is 1.67. The number of aliphatic carboxylic acids is 1. The van der Waals surface area contributed by atoms with E-state index in [2.05, 4.69) is 22.8 Å². The van der Waals surface area contributed by atoms with Crippen LogP contribution in [0.25, 0.3) is 11.1 Å². The van der Waals surface area contributed by atoms with Crippen LogP contribution in [-0.4, -0.2) is 41.3 Å². The molecule has 0 bridgehead atoms. The number of rotatable bonds is 9. The number of carbonyl (C=O) groups is 3. The van der Waals surface area contributed by atoms with Crippen LogP contribution in [0.2, 0.25) is 0 Å². The molecule has 0 saturated heterocycles. The Morgan fingerprint density at radius 3 is 2.00 bits per heavy atom. The number of alkyl carbamates (subject to hydrolysis) is 1. The molecule has 0 radical (unpaired) electrons. The van der Waals surface area contributed by atoms with Crippen molar-refractivity contribution >= 4 is 18.0 Å². The van der Waals surface area contributed by atoms with E-state index in [4.69, 9.17) is 4.74 Å². The number of fused-ring (bicyclic) bond motifs is 3. The number of carboxylic acid groups (broad SMARTS) is 1. The first-order chi connectivity index (χ1) is 16.0. The summed E-state index contributed by atoms with van der Waals surface area (Å²) in [5.74, 6) is -1.53. The zero-order valence-corrected chi connectivity index (χ0v) is 20.5. The minimum Gasteiger partial charge on any atom is -0.481 e. The molecule has 7 heteroatoms. The molecule has 3 N–H and O–H groups in total. The molecule has 1 atom stereocenters. The molecular formula is C27H34N2O5. The molecule has 34 heavy (non-hydrogen) atoms. The lowest BCUT2D eigenvalue weighted by Gasteiger charge is -2.39. The summed E-state index contributed by atoms with van der Waals surface area (Å²) in [6.07, 6.45) is 0.384. The van der Waals surface area contributed by atoms with Gasteiger partial charge in [0.25, 0.3) is 0 Å². The van der Waals surface area contributed by atoms with E-state index in [1.165, 1.54) is 0 Å². The van der Waals surface area contributed by atoms with E-state index in [9.17, 15) is 19.5 Å². The highest BCUT2D eigenvalue weighted by atomic mass is 16.5. The van der Waals surface area contributed by atoms with Crippen molar-refractivity contribution in [2.24, 2.45) is 5.41 Å². The molecule has 0 fully saturated rings. The lowest BCUT2D eigenvalue weighted by atomic mass is 9.74. The average molecular weight is 467 g/mol. The van der Waals surface area contributed by atoms with Crippen molar-refractivity contribution in [1.82, 2.24) is 10.6 Å². The van der Waals surface area contributed by atoms with Crippen LogP contribution >= 0.6 is 0 Å². The van der Waals surface area contributed by atoms with Gasteiger partial charge < -0.3 is 20.5 Å². The van der Waals surface area contributed by atoms with E-state index in [-0.39, 0.29) is 12.5 Å². The summed E-state index contributed by atoms with van der Waals surface area (Å²) >= 11 is 0. The van der Waals surface area contributed by atoms with Crippen molar-refractivity contribution in [3.05, 3.63) is 59.7 Å². The Bertz CT molecular complexity index is 1030. The number of amides is 2. The highest BCUT2D eigenvalue weighted by molar-refractivity contribution is 5.87. The van der Waals surface area contributed by atoms with Crippen LogP contribution in [0, 0.1) is 5.41 Å². The number of nitrogens with one attached hydrogen (secondary N) is 2. The van der Waals surface area contributed by atoms with Crippen LogP contribution in [0.15, 0.2) is 48.5 Å². The van der Waals surface area contributed by atoms with Crippen LogP contribution in [0.1, 0.15) is 64.5 Å². The molecule has 0 spiro atoms. The van der Waals surface area contributed by atoms with Crippen molar-refractivity contribution < 1.29 is 24.2 Å². The molecule has 0 aliphatic heterocycles. The lowest BCUT2D eigenvalue weighted by molar-refractivity contribution is -0.152. The highest BCUT2D eigenvalue weighted by Crippen LogP contribution is 2.44. The molecule has 2 aromatic carbocycles. The van der Waals surface area contributed by atoms with Crippen LogP contribution in [0.3, 0.4) is 0 Å². The number of carbonyl (C=O) groups excluding carboxylic acids is 2. The minimum absolute atomic E-state index is 0.0769. The number of carboxylic acids is 1. The third-order valence-electron chi connectivity index (χ3n) is 7.06. The summed E-state index contributed by atoms with van der Waals surface area (Å²) in [6.45, 7) is 8.50. The van der Waals surface area contributed by atoms with Gasteiger partial charge in [0.15, 0.2) is 0 Å². The van der Waals surface area contributed by atoms with Gasteiger partial charge >= 0.3 is 12.1 Å². The van der Waals surface area contributed by atoms with Crippen molar-refractivity contribution in [1.29, 1.82) is 0 Å². The Kier molecular flexibility index (Phi) is 7.34. The molecule has 0 saturated carbocycles. The maximum Gasteiger partial charge on any atom is 0.407 e. The Morgan fingerprint density at radius 2 is 1.50 bits per heavy atom. The third-order valence-corrected chi connectivity index (χ3v) is 7.06. The van der Waals surface area contributed by atoms with E-state index in [0.29, 0.717) is 12.8 Å². The monoisotopic (exact) mass is 466 g/mol. The van der Waals surface area contributed by atoms with Crippen molar-refractivity contribution in [3.63, 3.8) is 0 Å². The first kappa shape index (κ1) is 25.3. The molecule has 3 rings (SSSR count). The molecule has 0 heterocycles. The normalized spacial score (nSPS) is 14.0. The molecule has 2 aromatic rings. The van der Waals surface area contributed by atoms with Gasteiger partial charge in [-0.15, -0.1) is 0 Å². The average Bonchev–Trinajstić information content (AvgIpc) is 3.10. The van der Waals surface area contributed by atoms with Gasteiger partial charge in [-0.25, -0.2) is 4.79 Å². The van der Waals surface area contributed by atoms with Gasteiger partial charge in [0.2, 0.25) is 5.91 Å². The lowest BCUT2D eigenvalue weighted by Crippen LogP contribution is -2.60. The largest absolute Gasteiger partial charge is 0.481 e. The molecule has 2 amide bonds.